The van der Waals surface area contributed by atoms with Crippen molar-refractivity contribution >= 4 is 0 Å². The Balaban J connectivity index is 3.45. The molecule has 1 nitrogen and oxygen atoms in total. The second kappa shape index (κ2) is 8.55. The van der Waals surface area contributed by atoms with Crippen molar-refractivity contribution in [3.8, 4) is 0 Å². The van der Waals surface area contributed by atoms with Gasteiger partial charge in [0, 0.05) is 6.04 Å². The van der Waals surface area contributed by atoms with Crippen LogP contribution in [0, 0.1) is 0 Å². The molecule has 80 valence electrons. The van der Waals surface area contributed by atoms with Crippen molar-refractivity contribution in [3.05, 3.63) is 0 Å². The van der Waals surface area contributed by atoms with Crippen molar-refractivity contribution in [2.24, 2.45) is 0 Å². The van der Waals surface area contributed by atoms with E-state index in [2.05, 4.69) is 32.8 Å². The van der Waals surface area contributed by atoms with E-state index in [4.69, 9.17) is 0 Å². The zero-order chi connectivity index (χ0) is 10.1. The lowest BCUT2D eigenvalue weighted by Crippen LogP contribution is -2.27. The third kappa shape index (κ3) is 7.06. The van der Waals surface area contributed by atoms with Gasteiger partial charge in [0.1, 0.15) is 0 Å². The Morgan fingerprint density at radius 2 is 1.54 bits per heavy atom. The van der Waals surface area contributed by atoms with Crippen LogP contribution < -0.4 is 0 Å². The first-order valence-corrected chi connectivity index (χ1v) is 5.88. The summed E-state index contributed by atoms with van der Waals surface area (Å²) in [5.41, 5.74) is 0. The molecule has 1 unspecified atom stereocenters. The smallest absolute Gasteiger partial charge is 0.00890 e. The lowest BCUT2D eigenvalue weighted by molar-refractivity contribution is 0.256. The van der Waals surface area contributed by atoms with E-state index >= 15 is 0 Å². The highest BCUT2D eigenvalue weighted by Crippen LogP contribution is 2.12. The lowest BCUT2D eigenvalue weighted by atomic mass is 10.0. The van der Waals surface area contributed by atoms with Gasteiger partial charge in [-0.15, -0.1) is 0 Å². The Morgan fingerprint density at radius 3 is 2.00 bits per heavy atom. The Kier molecular flexibility index (Phi) is 8.53. The zero-order valence-corrected chi connectivity index (χ0v) is 9.97. The predicted octanol–water partition coefficient (Wildman–Crippen LogP) is 3.69. The van der Waals surface area contributed by atoms with Gasteiger partial charge in [-0.2, -0.15) is 0 Å². The minimum Gasteiger partial charge on any atom is -0.306 e. The van der Waals surface area contributed by atoms with Crippen molar-refractivity contribution in [2.45, 2.75) is 64.8 Å². The third-order valence-electron chi connectivity index (χ3n) is 2.74. The molecule has 0 bridgehead atoms. The lowest BCUT2D eigenvalue weighted by Gasteiger charge is -2.23. The molecular weight excluding hydrogens is 158 g/mol. The predicted molar refractivity (Wildman–Crippen MR) is 61.1 cm³/mol. The van der Waals surface area contributed by atoms with Crippen molar-refractivity contribution < 1.29 is 0 Å². The monoisotopic (exact) mass is 185 g/mol. The van der Waals surface area contributed by atoms with E-state index in [1.54, 1.807) is 0 Å². The number of unbranched alkanes of at least 4 members (excludes halogenated alkanes) is 3. The van der Waals surface area contributed by atoms with Crippen molar-refractivity contribution in [1.82, 2.24) is 4.90 Å². The molecule has 0 aromatic heterocycles. The fourth-order valence-corrected chi connectivity index (χ4v) is 1.80. The van der Waals surface area contributed by atoms with Gasteiger partial charge in [-0.3, -0.25) is 0 Å². The molecule has 1 heteroatoms. The number of nitrogens with zero attached hydrogens (tertiary/aromatic N) is 1. The molecule has 0 heterocycles. The van der Waals surface area contributed by atoms with Crippen LogP contribution in [0.2, 0.25) is 0 Å². The Bertz CT molecular complexity index is 99.3. The summed E-state index contributed by atoms with van der Waals surface area (Å²) in [7, 11) is 4.42. The van der Waals surface area contributed by atoms with E-state index in [9.17, 15) is 0 Å². The maximum atomic E-state index is 2.38. The molecule has 0 saturated heterocycles. The Morgan fingerprint density at radius 1 is 0.846 bits per heavy atom. The van der Waals surface area contributed by atoms with Crippen LogP contribution in [0.4, 0.5) is 0 Å². The number of hydrogen-bond acceptors (Lipinski definition) is 1. The summed E-state index contributed by atoms with van der Waals surface area (Å²) in [4.78, 5) is 2.38. The van der Waals surface area contributed by atoms with Gasteiger partial charge in [0.15, 0.2) is 0 Å². The molecule has 0 rings (SSSR count). The zero-order valence-electron chi connectivity index (χ0n) is 9.97. The van der Waals surface area contributed by atoms with Gasteiger partial charge >= 0.3 is 0 Å². The minimum absolute atomic E-state index is 0.821. The van der Waals surface area contributed by atoms with Crippen LogP contribution in [0.5, 0.6) is 0 Å². The van der Waals surface area contributed by atoms with E-state index < -0.39 is 0 Å². The third-order valence-corrected chi connectivity index (χ3v) is 2.74. The van der Waals surface area contributed by atoms with Crippen molar-refractivity contribution in [1.29, 1.82) is 0 Å². The van der Waals surface area contributed by atoms with Crippen LogP contribution in [-0.4, -0.2) is 25.0 Å². The summed E-state index contributed by atoms with van der Waals surface area (Å²) in [6.07, 6.45) is 9.66. The molecule has 0 aliphatic carbocycles. The largest absolute Gasteiger partial charge is 0.306 e. The average Bonchev–Trinajstić information content (AvgIpc) is 2.10. The minimum atomic E-state index is 0.821. The second-order valence-corrected chi connectivity index (χ2v) is 4.26. The molecule has 0 aromatic rings. The molecule has 13 heavy (non-hydrogen) atoms. The van der Waals surface area contributed by atoms with Crippen molar-refractivity contribution in [3.63, 3.8) is 0 Å². The first kappa shape index (κ1) is 13.0. The molecular formula is C12H27N. The summed E-state index contributed by atoms with van der Waals surface area (Å²) in [5, 5.41) is 0. The molecule has 0 spiro atoms. The fourth-order valence-electron chi connectivity index (χ4n) is 1.80. The van der Waals surface area contributed by atoms with E-state index in [1.165, 1.54) is 44.9 Å². The highest BCUT2D eigenvalue weighted by atomic mass is 15.1. The standard InChI is InChI=1S/C12H27N/c1-5-7-8-9-11-12(10-6-2)13(3)4/h12H,5-11H2,1-4H3. The summed E-state index contributed by atoms with van der Waals surface area (Å²) in [6, 6.07) is 0.821. The van der Waals surface area contributed by atoms with E-state index in [-0.39, 0.29) is 0 Å². The molecule has 0 fully saturated rings. The first-order chi connectivity index (χ1) is 6.22. The van der Waals surface area contributed by atoms with Gasteiger partial charge in [0.2, 0.25) is 0 Å². The van der Waals surface area contributed by atoms with Crippen LogP contribution in [0.1, 0.15) is 58.8 Å². The molecule has 0 N–H and O–H groups in total. The Labute approximate surface area is 84.5 Å². The van der Waals surface area contributed by atoms with Crippen LogP contribution in [0.15, 0.2) is 0 Å². The summed E-state index contributed by atoms with van der Waals surface area (Å²) in [6.45, 7) is 4.55. The second-order valence-electron chi connectivity index (χ2n) is 4.26. The van der Waals surface area contributed by atoms with Crippen LogP contribution in [-0.2, 0) is 0 Å². The Hall–Kier alpha value is -0.0400. The average molecular weight is 185 g/mol. The number of hydrogen-bond donors (Lipinski definition) is 0. The van der Waals surface area contributed by atoms with Gasteiger partial charge in [0.25, 0.3) is 0 Å². The SMILES string of the molecule is CCCCCCC(CCC)N(C)C. The number of rotatable bonds is 8. The molecule has 1 atom stereocenters. The van der Waals surface area contributed by atoms with Gasteiger partial charge in [0.05, 0.1) is 0 Å². The maximum Gasteiger partial charge on any atom is 0.00890 e. The van der Waals surface area contributed by atoms with E-state index in [1.807, 2.05) is 0 Å². The maximum absolute atomic E-state index is 2.38. The van der Waals surface area contributed by atoms with Gasteiger partial charge in [-0.25, -0.2) is 0 Å². The molecule has 0 aliphatic heterocycles. The molecule has 0 aliphatic rings. The molecule has 0 saturated carbocycles. The normalized spacial score (nSPS) is 13.6. The fraction of sp³-hybridized carbons (Fsp3) is 1.00. The van der Waals surface area contributed by atoms with Crippen molar-refractivity contribution in [2.75, 3.05) is 14.1 Å². The van der Waals surface area contributed by atoms with Gasteiger partial charge in [-0.1, -0.05) is 46.0 Å². The molecule has 0 amide bonds. The highest BCUT2D eigenvalue weighted by molar-refractivity contribution is 4.65. The summed E-state index contributed by atoms with van der Waals surface area (Å²) >= 11 is 0. The quantitative estimate of drug-likeness (QED) is 0.521. The molecule has 0 aromatic carbocycles. The van der Waals surface area contributed by atoms with Crippen LogP contribution >= 0.6 is 0 Å². The molecule has 0 radical (unpaired) electrons. The highest BCUT2D eigenvalue weighted by Gasteiger charge is 2.08. The first-order valence-electron chi connectivity index (χ1n) is 5.88. The van der Waals surface area contributed by atoms with E-state index in [0.717, 1.165) is 6.04 Å². The van der Waals surface area contributed by atoms with Gasteiger partial charge < -0.3 is 4.90 Å². The van der Waals surface area contributed by atoms with E-state index in [0.29, 0.717) is 0 Å². The summed E-state index contributed by atoms with van der Waals surface area (Å²) < 4.78 is 0. The van der Waals surface area contributed by atoms with Crippen LogP contribution in [0.3, 0.4) is 0 Å². The van der Waals surface area contributed by atoms with Crippen LogP contribution in [0.25, 0.3) is 0 Å². The summed E-state index contributed by atoms with van der Waals surface area (Å²) in [5.74, 6) is 0. The topological polar surface area (TPSA) is 3.24 Å². The van der Waals surface area contributed by atoms with Gasteiger partial charge in [-0.05, 0) is 26.9 Å².